The van der Waals surface area contributed by atoms with E-state index in [1.54, 1.807) is 10.9 Å². The van der Waals surface area contributed by atoms with Gasteiger partial charge < -0.3 is 4.74 Å². The van der Waals surface area contributed by atoms with Gasteiger partial charge in [0.2, 0.25) is 10.0 Å². The minimum atomic E-state index is -3.35. The Morgan fingerprint density at radius 1 is 1.30 bits per heavy atom. The summed E-state index contributed by atoms with van der Waals surface area (Å²) in [5, 5.41) is 3.83. The number of nitrogens with zero attached hydrogens (tertiary/aromatic N) is 2. The van der Waals surface area contributed by atoms with E-state index in [1.165, 1.54) is 0 Å². The molecule has 0 saturated carbocycles. The van der Waals surface area contributed by atoms with E-state index in [0.717, 1.165) is 11.3 Å². The predicted molar refractivity (Wildman–Crippen MR) is 87.9 cm³/mol. The number of hydrogen-bond acceptors (Lipinski definition) is 4. The lowest BCUT2D eigenvalue weighted by Gasteiger charge is -2.24. The summed E-state index contributed by atoms with van der Waals surface area (Å²) in [5.41, 5.74) is 1.82. The maximum absolute atomic E-state index is 12.5. The molecule has 0 radical (unpaired) electrons. The molecule has 1 aliphatic rings. The van der Waals surface area contributed by atoms with Gasteiger partial charge in [-0.25, -0.2) is 17.8 Å². The van der Waals surface area contributed by atoms with Crippen molar-refractivity contribution in [3.63, 3.8) is 0 Å². The van der Waals surface area contributed by atoms with E-state index in [2.05, 4.69) is 9.82 Å². The average Bonchev–Trinajstić information content (AvgIpc) is 3.10. The first-order valence-corrected chi connectivity index (χ1v) is 9.30. The van der Waals surface area contributed by atoms with Gasteiger partial charge in [-0.1, -0.05) is 12.1 Å². The van der Waals surface area contributed by atoms with Crippen LogP contribution in [0.1, 0.15) is 31.4 Å². The molecule has 0 spiro atoms. The zero-order valence-electron chi connectivity index (χ0n) is 13.1. The Morgan fingerprint density at radius 3 is 2.78 bits per heavy atom. The molecule has 3 rings (SSSR count). The van der Waals surface area contributed by atoms with Crippen molar-refractivity contribution in [1.29, 1.82) is 0 Å². The second-order valence-corrected chi connectivity index (χ2v) is 7.73. The minimum absolute atomic E-state index is 0.293. The van der Waals surface area contributed by atoms with Crippen LogP contribution in [0, 0.1) is 0 Å². The van der Waals surface area contributed by atoms with Gasteiger partial charge in [0.25, 0.3) is 0 Å². The summed E-state index contributed by atoms with van der Waals surface area (Å²) in [5.74, 6) is 0. The van der Waals surface area contributed by atoms with Gasteiger partial charge >= 0.3 is 0 Å². The first-order valence-electron chi connectivity index (χ1n) is 7.75. The maximum Gasteiger partial charge on any atom is 0.215 e. The lowest BCUT2D eigenvalue weighted by Crippen LogP contribution is -2.39. The number of benzene rings is 1. The van der Waals surface area contributed by atoms with E-state index in [-0.39, 0.29) is 11.3 Å². The number of sulfonamides is 1. The zero-order valence-corrected chi connectivity index (χ0v) is 13.9. The third-order valence-electron chi connectivity index (χ3n) is 4.09. The molecule has 6 nitrogen and oxygen atoms in total. The minimum Gasteiger partial charge on any atom is -0.381 e. The molecular formula is C16H21N3O3S. The molecule has 1 unspecified atom stereocenters. The van der Waals surface area contributed by atoms with Crippen molar-refractivity contribution < 1.29 is 13.2 Å². The smallest absolute Gasteiger partial charge is 0.215 e. The lowest BCUT2D eigenvalue weighted by molar-refractivity contribution is 0.0981. The Labute approximate surface area is 136 Å². The van der Waals surface area contributed by atoms with Crippen molar-refractivity contribution in [3.8, 4) is 5.69 Å². The van der Waals surface area contributed by atoms with Gasteiger partial charge in [0.15, 0.2) is 0 Å². The molecule has 1 saturated heterocycles. The SMILES string of the molecule is CC(NS(=O)(=O)C1CCOCC1)c1cccc(-n2cccn2)c1. The van der Waals surface area contributed by atoms with Crippen LogP contribution in [-0.4, -0.2) is 36.7 Å². The van der Waals surface area contributed by atoms with Gasteiger partial charge in [-0.05, 0) is 43.5 Å². The van der Waals surface area contributed by atoms with Crippen LogP contribution in [0.5, 0.6) is 0 Å². The molecule has 0 bridgehead atoms. The fourth-order valence-corrected chi connectivity index (χ4v) is 4.39. The van der Waals surface area contributed by atoms with E-state index < -0.39 is 10.0 Å². The van der Waals surface area contributed by atoms with Crippen molar-refractivity contribution in [3.05, 3.63) is 48.3 Å². The molecule has 1 fully saturated rings. The topological polar surface area (TPSA) is 73.2 Å². The molecule has 2 aromatic rings. The van der Waals surface area contributed by atoms with Crippen LogP contribution in [0.2, 0.25) is 0 Å². The average molecular weight is 335 g/mol. The molecule has 1 aromatic carbocycles. The van der Waals surface area contributed by atoms with E-state index >= 15 is 0 Å². The van der Waals surface area contributed by atoms with E-state index in [4.69, 9.17) is 4.74 Å². The predicted octanol–water partition coefficient (Wildman–Crippen LogP) is 2.03. The number of rotatable bonds is 5. The van der Waals surface area contributed by atoms with Crippen molar-refractivity contribution in [2.45, 2.75) is 31.1 Å². The Hall–Kier alpha value is -1.70. The second-order valence-electron chi connectivity index (χ2n) is 5.74. The van der Waals surface area contributed by atoms with Crippen molar-refractivity contribution >= 4 is 10.0 Å². The lowest BCUT2D eigenvalue weighted by atomic mass is 10.1. The van der Waals surface area contributed by atoms with Crippen molar-refractivity contribution in [2.75, 3.05) is 13.2 Å². The van der Waals surface area contributed by atoms with Gasteiger partial charge in [-0.2, -0.15) is 5.10 Å². The Balaban J connectivity index is 1.75. The summed E-state index contributed by atoms with van der Waals surface area (Å²) >= 11 is 0. The number of ether oxygens (including phenoxy) is 1. The summed E-state index contributed by atoms with van der Waals surface area (Å²) in [6.45, 7) is 2.88. The quantitative estimate of drug-likeness (QED) is 0.907. The molecule has 0 amide bonds. The maximum atomic E-state index is 12.5. The highest BCUT2D eigenvalue weighted by molar-refractivity contribution is 7.90. The molecule has 1 N–H and O–H groups in total. The van der Waals surface area contributed by atoms with Crippen LogP contribution in [0.25, 0.3) is 5.69 Å². The molecule has 1 atom stereocenters. The highest BCUT2D eigenvalue weighted by Gasteiger charge is 2.29. The summed E-state index contributed by atoms with van der Waals surface area (Å²) in [6, 6.07) is 9.28. The first kappa shape index (κ1) is 16.2. The monoisotopic (exact) mass is 335 g/mol. The van der Waals surface area contributed by atoms with Crippen molar-refractivity contribution in [1.82, 2.24) is 14.5 Å². The van der Waals surface area contributed by atoms with Crippen LogP contribution in [0.15, 0.2) is 42.7 Å². The summed E-state index contributed by atoms with van der Waals surface area (Å²) < 4.78 is 34.8. The largest absolute Gasteiger partial charge is 0.381 e. The first-order chi connectivity index (χ1) is 11.1. The summed E-state index contributed by atoms with van der Waals surface area (Å²) in [6.07, 6.45) is 4.67. The highest BCUT2D eigenvalue weighted by atomic mass is 32.2. The van der Waals surface area contributed by atoms with E-state index in [1.807, 2.05) is 43.5 Å². The van der Waals surface area contributed by atoms with Gasteiger partial charge in [0, 0.05) is 31.6 Å². The van der Waals surface area contributed by atoms with Crippen LogP contribution < -0.4 is 4.72 Å². The van der Waals surface area contributed by atoms with Gasteiger partial charge in [-0.15, -0.1) is 0 Å². The Morgan fingerprint density at radius 2 is 2.09 bits per heavy atom. The van der Waals surface area contributed by atoms with Crippen LogP contribution in [0.3, 0.4) is 0 Å². The molecule has 124 valence electrons. The Bertz CT molecular complexity index is 738. The van der Waals surface area contributed by atoms with Crippen molar-refractivity contribution in [2.24, 2.45) is 0 Å². The second kappa shape index (κ2) is 6.82. The highest BCUT2D eigenvalue weighted by Crippen LogP contribution is 2.21. The number of nitrogens with one attached hydrogen (secondary N) is 1. The van der Waals surface area contributed by atoms with Crippen LogP contribution in [-0.2, 0) is 14.8 Å². The van der Waals surface area contributed by atoms with Crippen LogP contribution in [0.4, 0.5) is 0 Å². The van der Waals surface area contributed by atoms with Gasteiger partial charge in [-0.3, -0.25) is 0 Å². The molecule has 1 aliphatic heterocycles. The van der Waals surface area contributed by atoms with Gasteiger partial charge in [0.1, 0.15) is 0 Å². The summed E-state index contributed by atoms with van der Waals surface area (Å²) in [4.78, 5) is 0. The molecule has 1 aromatic heterocycles. The Kier molecular flexibility index (Phi) is 4.79. The number of aromatic nitrogens is 2. The van der Waals surface area contributed by atoms with E-state index in [0.29, 0.717) is 26.1 Å². The normalized spacial score (nSPS) is 18.0. The standard InChI is InChI=1S/C16H21N3O3S/c1-13(18-23(20,21)16-6-10-22-11-7-16)14-4-2-5-15(12-14)19-9-3-8-17-19/h2-5,8-9,12-13,16,18H,6-7,10-11H2,1H3. The summed E-state index contributed by atoms with van der Waals surface area (Å²) in [7, 11) is -3.35. The van der Waals surface area contributed by atoms with Crippen LogP contribution >= 0.6 is 0 Å². The van der Waals surface area contributed by atoms with Gasteiger partial charge in [0.05, 0.1) is 10.9 Å². The molecular weight excluding hydrogens is 314 g/mol. The fourth-order valence-electron chi connectivity index (χ4n) is 2.76. The third-order valence-corrected chi connectivity index (χ3v) is 6.12. The molecule has 0 aliphatic carbocycles. The molecule has 2 heterocycles. The third kappa shape index (κ3) is 3.80. The van der Waals surface area contributed by atoms with E-state index in [9.17, 15) is 8.42 Å². The fraction of sp³-hybridized carbons (Fsp3) is 0.438. The zero-order chi connectivity index (χ0) is 16.3. The molecule has 7 heteroatoms. The number of hydrogen-bond donors (Lipinski definition) is 1. The molecule has 23 heavy (non-hydrogen) atoms.